The Labute approximate surface area is 184 Å². The maximum atomic E-state index is 10.8. The van der Waals surface area contributed by atoms with Gasteiger partial charge in [-0.05, 0) is 20.9 Å². The molecule has 0 bridgehead atoms. The van der Waals surface area contributed by atoms with E-state index in [1.807, 2.05) is 0 Å². The molecule has 0 aliphatic heterocycles. The van der Waals surface area contributed by atoms with E-state index in [1.165, 1.54) is 0 Å². The minimum absolute atomic E-state index is 0. The van der Waals surface area contributed by atoms with Crippen LogP contribution in [0, 0.1) is 20.2 Å². The van der Waals surface area contributed by atoms with Crippen LogP contribution >= 0.6 is 0 Å². The van der Waals surface area contributed by atoms with E-state index in [4.69, 9.17) is 0 Å². The van der Waals surface area contributed by atoms with E-state index in [2.05, 4.69) is 31.1 Å². The van der Waals surface area contributed by atoms with Gasteiger partial charge in [-0.2, -0.15) is 9.36 Å². The van der Waals surface area contributed by atoms with Crippen LogP contribution in [0.5, 0.6) is 0 Å². The first kappa shape index (κ1) is 22.1. The zero-order valence-corrected chi connectivity index (χ0v) is 17.2. The van der Waals surface area contributed by atoms with Gasteiger partial charge in [0, 0.05) is 0 Å². The summed E-state index contributed by atoms with van der Waals surface area (Å²) in [6.45, 7) is -0.868. The Balaban J connectivity index is 0.00000364. The van der Waals surface area contributed by atoms with E-state index >= 15 is 0 Å². The molecule has 21 heteroatoms. The third kappa shape index (κ3) is 5.26. The van der Waals surface area contributed by atoms with Crippen molar-refractivity contribution in [3.05, 3.63) is 31.5 Å². The van der Waals surface area contributed by atoms with Gasteiger partial charge in [-0.15, -0.1) is 0 Å². The molecule has 138 valence electrons. The fraction of sp³-hybridized carbons (Fsp3) is 0.333. The molecule has 0 saturated carbocycles. The van der Waals surface area contributed by atoms with E-state index in [1.54, 1.807) is 0 Å². The number of nitrogens with zero attached hydrogens (tertiary/aromatic N) is 12. The maximum absolute atomic E-state index is 10.8. The molecule has 0 atom stereocenters. The van der Waals surface area contributed by atoms with Crippen molar-refractivity contribution in [2.75, 3.05) is 0 Å². The number of carbonyl (C=O) groups is 2. The average Bonchev–Trinajstić information content (AvgIpc) is 3.08. The van der Waals surface area contributed by atoms with E-state index in [-0.39, 0.29) is 58.2 Å². The second kappa shape index (κ2) is 9.12. The Morgan fingerprint density at radius 2 is 1.15 bits per heavy atom. The van der Waals surface area contributed by atoms with Gasteiger partial charge in [0.2, 0.25) is 0 Å². The average molecular weight is 510 g/mol. The first-order valence-electron chi connectivity index (χ1n) is 6.07. The van der Waals surface area contributed by atoms with Gasteiger partial charge in [0.1, 0.15) is 10.2 Å². The first-order valence-corrected chi connectivity index (χ1v) is 6.07. The molecule has 0 aliphatic rings. The van der Waals surface area contributed by atoms with E-state index in [0.29, 0.717) is 9.36 Å². The Morgan fingerprint density at radius 1 is 0.815 bits per heavy atom. The summed E-state index contributed by atoms with van der Waals surface area (Å²) in [6, 6.07) is 0. The minimum Gasteiger partial charge on any atom is -0.528 e. The molecular formula is C6H4BaN12O8. The normalized spacial score (nSPS) is 11.9. The number of hydrogen-bond donors (Lipinski definition) is 0. The molecule has 0 aromatic carbocycles. The first-order chi connectivity index (χ1) is 12.2. The van der Waals surface area contributed by atoms with Crippen molar-refractivity contribution in [2.45, 2.75) is 13.1 Å². The van der Waals surface area contributed by atoms with Gasteiger partial charge >= 0.3 is 60.1 Å². The van der Waals surface area contributed by atoms with E-state index in [0.717, 1.165) is 0 Å². The molecule has 0 fully saturated rings. The molecule has 2 rings (SSSR count). The predicted molar refractivity (Wildman–Crippen MR) is 68.5 cm³/mol. The van der Waals surface area contributed by atoms with Gasteiger partial charge in [-0.3, -0.25) is 0 Å². The number of hydrogen-bond acceptors (Lipinski definition) is 12. The summed E-state index contributed by atoms with van der Waals surface area (Å²) in [7, 11) is 0. The van der Waals surface area contributed by atoms with Gasteiger partial charge in [0.25, 0.3) is 0 Å². The zero-order chi connectivity index (χ0) is 19.4. The van der Waals surface area contributed by atoms with E-state index in [9.17, 15) is 40.0 Å². The maximum Gasteiger partial charge on any atom is 2.00 e. The van der Waals surface area contributed by atoms with Crippen LogP contribution in [0.4, 0.5) is 9.59 Å². The van der Waals surface area contributed by atoms with Crippen LogP contribution in [0.1, 0.15) is 0 Å². The predicted octanol–water partition coefficient (Wildman–Crippen LogP) is -6.64. The summed E-state index contributed by atoms with van der Waals surface area (Å²) in [5.41, 5.74) is -1.70. The molecule has 0 N–H and O–H groups in total. The standard InChI is InChI=1S/C6H6N12O8.Ba/c19-5(20)15-3(7-17(23)24)13(9-11-15)1-2-14-4(8-18(25)26)16(6(21)22)12-10-14;/h1-2H2,(H,19,20)(H,21,22);/q;+2/p-2/b7-3+,8-4?;. The second-order valence-corrected chi connectivity index (χ2v) is 4.04. The molecule has 0 amide bonds. The van der Waals surface area contributed by atoms with Crippen LogP contribution in [-0.2, 0) is 13.1 Å². The molecule has 27 heavy (non-hydrogen) atoms. The third-order valence-corrected chi connectivity index (χ3v) is 2.53. The Bertz CT molecular complexity index is 943. The van der Waals surface area contributed by atoms with Crippen molar-refractivity contribution in [1.82, 2.24) is 39.6 Å². The van der Waals surface area contributed by atoms with Crippen molar-refractivity contribution >= 4 is 61.1 Å². The molecule has 0 radical (unpaired) electrons. The number of aryl methyl sites for hydroxylation is 2. The smallest absolute Gasteiger partial charge is 0.528 e. The SMILES string of the molecule is O=C([O-])n1nnn(CCn2nnn(C(=O)[O-])/c2=N/[N+](=O)[O-])c1=N[N+](=O)[O-].[Ba+2]. The fourth-order valence-electron chi connectivity index (χ4n) is 1.60. The summed E-state index contributed by atoms with van der Waals surface area (Å²) in [5.74, 6) is 0. The van der Waals surface area contributed by atoms with Crippen molar-refractivity contribution in [2.24, 2.45) is 10.2 Å². The molecule has 2 aromatic rings. The summed E-state index contributed by atoms with van der Waals surface area (Å²) >= 11 is 0. The Kier molecular flexibility index (Phi) is 7.47. The molecular weight excluding hydrogens is 505 g/mol. The molecule has 0 saturated heterocycles. The molecule has 2 aromatic heterocycles. The van der Waals surface area contributed by atoms with Crippen LogP contribution < -0.4 is 21.4 Å². The molecule has 0 spiro atoms. The fourth-order valence-corrected chi connectivity index (χ4v) is 1.60. The summed E-state index contributed by atoms with van der Waals surface area (Å²) in [5, 5.41) is 58.4. The molecule has 2 heterocycles. The quantitative estimate of drug-likeness (QED) is 0.157. The second-order valence-electron chi connectivity index (χ2n) is 4.04. The Hall–Kier alpha value is -2.95. The number of tetrazole rings is 2. The summed E-state index contributed by atoms with van der Waals surface area (Å²) < 4.78 is 1.24. The number of nitro groups is 2. The van der Waals surface area contributed by atoms with E-state index < -0.39 is 46.6 Å². The van der Waals surface area contributed by atoms with Gasteiger partial charge < -0.3 is 19.8 Å². The third-order valence-electron chi connectivity index (χ3n) is 2.53. The van der Waals surface area contributed by atoms with Gasteiger partial charge in [-0.1, -0.05) is 0 Å². The number of aromatic nitrogens is 8. The monoisotopic (exact) mass is 510 g/mol. The van der Waals surface area contributed by atoms with Crippen LogP contribution in [0.25, 0.3) is 0 Å². The van der Waals surface area contributed by atoms with Crippen LogP contribution in [0.2, 0.25) is 0 Å². The minimum atomic E-state index is -1.96. The largest absolute Gasteiger partial charge is 2.00 e. The van der Waals surface area contributed by atoms with Crippen LogP contribution in [0.3, 0.4) is 0 Å². The van der Waals surface area contributed by atoms with Crippen LogP contribution in [-0.4, -0.2) is 111 Å². The number of carbonyl (C=O) groups excluding carboxylic acids is 2. The van der Waals surface area contributed by atoms with Crippen LogP contribution in [0.15, 0.2) is 10.2 Å². The Morgan fingerprint density at radius 3 is 1.41 bits per heavy atom. The van der Waals surface area contributed by atoms with Crippen molar-refractivity contribution < 1.29 is 29.9 Å². The topological polar surface area (TPSA) is 263 Å². The number of carboxylic acid groups (broad SMARTS) is 2. The molecule has 20 nitrogen and oxygen atoms in total. The van der Waals surface area contributed by atoms with Gasteiger partial charge in [0.05, 0.1) is 13.1 Å². The van der Waals surface area contributed by atoms with Gasteiger partial charge in [-0.25, -0.2) is 29.6 Å². The van der Waals surface area contributed by atoms with Gasteiger partial charge in [0.15, 0.2) is 22.3 Å². The zero-order valence-electron chi connectivity index (χ0n) is 12.8. The summed E-state index contributed by atoms with van der Waals surface area (Å²) in [4.78, 5) is 42.6. The number of rotatable bonds is 5. The molecule has 0 unspecified atom stereocenters. The van der Waals surface area contributed by atoms with Crippen molar-refractivity contribution in [3.8, 4) is 0 Å². The summed E-state index contributed by atoms with van der Waals surface area (Å²) in [6.07, 6.45) is -3.92. The molecule has 0 aliphatic carbocycles. The van der Waals surface area contributed by atoms with Crippen molar-refractivity contribution in [3.63, 3.8) is 0 Å². The van der Waals surface area contributed by atoms with Crippen molar-refractivity contribution in [1.29, 1.82) is 0 Å².